The molecule has 116 valence electrons. The Hall–Kier alpha value is -0.450. The number of aromatic nitrogens is 1. The van der Waals surface area contributed by atoms with Crippen LogP contribution in [0.25, 0.3) is 0 Å². The van der Waals surface area contributed by atoms with Gasteiger partial charge in [-0.1, -0.05) is 6.92 Å². The molecule has 3 aliphatic rings. The minimum atomic E-state index is 0.520. The molecule has 4 heteroatoms. The van der Waals surface area contributed by atoms with Gasteiger partial charge < -0.3 is 10.2 Å². The Bertz CT molecular complexity index is 498. The monoisotopic (exact) mass is 305 g/mol. The van der Waals surface area contributed by atoms with Crippen LogP contribution in [0.3, 0.4) is 0 Å². The van der Waals surface area contributed by atoms with Crippen molar-refractivity contribution in [1.29, 1.82) is 0 Å². The summed E-state index contributed by atoms with van der Waals surface area (Å²) in [6.45, 7) is 3.26. The maximum atomic E-state index is 5.13. The number of nitrogens with zero attached hydrogens (tertiary/aromatic N) is 2. The first-order valence-corrected chi connectivity index (χ1v) is 9.52. The molecule has 2 fully saturated rings. The second-order valence-electron chi connectivity index (χ2n) is 7.08. The second kappa shape index (κ2) is 5.64. The molecule has 21 heavy (non-hydrogen) atoms. The van der Waals surface area contributed by atoms with Gasteiger partial charge in [-0.25, -0.2) is 4.98 Å². The first-order chi connectivity index (χ1) is 10.3. The fourth-order valence-corrected chi connectivity index (χ4v) is 5.96. The standard InChI is InChI=1S/C17H27N3S/c1-3-18-14-5-4-6-15-16(14)19-17(21-15)11-9-12-7-8-13(10-11)20(12)2/h11-14,18H,3-10H2,1-2H3. The van der Waals surface area contributed by atoms with Crippen molar-refractivity contribution < 1.29 is 0 Å². The lowest BCUT2D eigenvalue weighted by Gasteiger charge is -2.35. The van der Waals surface area contributed by atoms with Gasteiger partial charge in [0.25, 0.3) is 0 Å². The van der Waals surface area contributed by atoms with Gasteiger partial charge in [-0.2, -0.15) is 0 Å². The van der Waals surface area contributed by atoms with Crippen LogP contribution in [0.5, 0.6) is 0 Å². The van der Waals surface area contributed by atoms with E-state index in [-0.39, 0.29) is 0 Å². The van der Waals surface area contributed by atoms with Crippen molar-refractivity contribution in [1.82, 2.24) is 15.2 Å². The summed E-state index contributed by atoms with van der Waals surface area (Å²) in [6.07, 6.45) is 9.34. The molecule has 0 amide bonds. The van der Waals surface area contributed by atoms with Gasteiger partial charge in [0.05, 0.1) is 16.7 Å². The predicted molar refractivity (Wildman–Crippen MR) is 88.0 cm³/mol. The van der Waals surface area contributed by atoms with Gasteiger partial charge in [-0.15, -0.1) is 11.3 Å². The molecule has 4 rings (SSSR count). The van der Waals surface area contributed by atoms with E-state index >= 15 is 0 Å². The zero-order valence-corrected chi connectivity index (χ0v) is 14.1. The van der Waals surface area contributed by atoms with Crippen molar-refractivity contribution in [2.45, 2.75) is 75.9 Å². The van der Waals surface area contributed by atoms with Crippen molar-refractivity contribution in [3.05, 3.63) is 15.6 Å². The van der Waals surface area contributed by atoms with E-state index in [1.807, 2.05) is 11.3 Å². The van der Waals surface area contributed by atoms with E-state index in [0.717, 1.165) is 24.5 Å². The van der Waals surface area contributed by atoms with Crippen LogP contribution in [0.2, 0.25) is 0 Å². The molecule has 1 aromatic heterocycles. The van der Waals surface area contributed by atoms with E-state index in [9.17, 15) is 0 Å². The Labute approximate surface area is 132 Å². The third-order valence-electron chi connectivity index (χ3n) is 5.87. The fraction of sp³-hybridized carbons (Fsp3) is 0.824. The summed E-state index contributed by atoms with van der Waals surface area (Å²) >= 11 is 2.03. The van der Waals surface area contributed by atoms with E-state index in [1.165, 1.54) is 55.6 Å². The van der Waals surface area contributed by atoms with Gasteiger partial charge in [-0.05, 0) is 58.5 Å². The number of piperidine rings is 1. The average molecular weight is 305 g/mol. The van der Waals surface area contributed by atoms with Crippen LogP contribution in [0.1, 0.15) is 73.0 Å². The largest absolute Gasteiger partial charge is 0.309 e. The molecule has 3 nitrogen and oxygen atoms in total. The summed E-state index contributed by atoms with van der Waals surface area (Å²) in [5.74, 6) is 0.733. The van der Waals surface area contributed by atoms with Crippen LogP contribution < -0.4 is 5.32 Å². The Kier molecular flexibility index (Phi) is 3.80. The van der Waals surface area contributed by atoms with E-state index < -0.39 is 0 Å². The smallest absolute Gasteiger partial charge is 0.0963 e. The number of fused-ring (bicyclic) bond motifs is 3. The van der Waals surface area contributed by atoms with Crippen molar-refractivity contribution in [2.24, 2.45) is 0 Å². The molecule has 2 saturated heterocycles. The maximum absolute atomic E-state index is 5.13. The molecule has 3 unspecified atom stereocenters. The Morgan fingerprint density at radius 1 is 1.24 bits per heavy atom. The van der Waals surface area contributed by atoms with Crippen molar-refractivity contribution in [3.8, 4) is 0 Å². The molecule has 1 N–H and O–H groups in total. The van der Waals surface area contributed by atoms with Crippen LogP contribution in [0.15, 0.2) is 0 Å². The van der Waals surface area contributed by atoms with E-state index in [1.54, 1.807) is 4.88 Å². The predicted octanol–water partition coefficient (Wildman–Crippen LogP) is 3.47. The normalized spacial score (nSPS) is 35.9. The third-order valence-corrected chi connectivity index (χ3v) is 7.16. The molecule has 2 bridgehead atoms. The molecular weight excluding hydrogens is 278 g/mol. The van der Waals surface area contributed by atoms with Crippen LogP contribution in [0, 0.1) is 0 Å². The highest BCUT2D eigenvalue weighted by Gasteiger charge is 2.40. The Morgan fingerprint density at radius 2 is 2.00 bits per heavy atom. The van der Waals surface area contributed by atoms with Crippen LogP contribution >= 0.6 is 11.3 Å². The second-order valence-corrected chi connectivity index (χ2v) is 8.20. The molecule has 3 heterocycles. The van der Waals surface area contributed by atoms with Crippen LogP contribution in [-0.2, 0) is 6.42 Å². The topological polar surface area (TPSA) is 28.2 Å². The Balaban J connectivity index is 1.57. The van der Waals surface area contributed by atoms with Crippen molar-refractivity contribution in [3.63, 3.8) is 0 Å². The summed E-state index contributed by atoms with van der Waals surface area (Å²) in [6, 6.07) is 2.16. The first-order valence-electron chi connectivity index (χ1n) is 8.71. The van der Waals surface area contributed by atoms with Gasteiger partial charge >= 0.3 is 0 Å². The lowest BCUT2D eigenvalue weighted by atomic mass is 9.91. The zero-order chi connectivity index (χ0) is 14.4. The molecule has 0 spiro atoms. The number of nitrogens with one attached hydrogen (secondary N) is 1. The molecule has 3 atom stereocenters. The lowest BCUT2D eigenvalue weighted by molar-refractivity contribution is 0.161. The van der Waals surface area contributed by atoms with Gasteiger partial charge in [0.2, 0.25) is 0 Å². The highest BCUT2D eigenvalue weighted by molar-refractivity contribution is 7.11. The molecule has 1 aliphatic carbocycles. The van der Waals surface area contributed by atoms with E-state index in [4.69, 9.17) is 4.98 Å². The van der Waals surface area contributed by atoms with Gasteiger partial charge in [0, 0.05) is 22.9 Å². The average Bonchev–Trinajstić information content (AvgIpc) is 2.98. The number of hydrogen-bond donors (Lipinski definition) is 1. The molecule has 0 radical (unpaired) electrons. The molecular formula is C17H27N3S. The summed E-state index contributed by atoms with van der Waals surface area (Å²) in [5, 5.41) is 5.08. The highest BCUT2D eigenvalue weighted by Crippen LogP contribution is 2.45. The SMILES string of the molecule is CCNC1CCCc2sc(C3CC4CCC(C3)N4C)nc21. The van der Waals surface area contributed by atoms with Crippen LogP contribution in [-0.4, -0.2) is 35.6 Å². The number of rotatable bonds is 3. The highest BCUT2D eigenvalue weighted by atomic mass is 32.1. The Morgan fingerprint density at radius 3 is 2.71 bits per heavy atom. The third kappa shape index (κ3) is 2.45. The van der Waals surface area contributed by atoms with Crippen molar-refractivity contribution in [2.75, 3.05) is 13.6 Å². The number of hydrogen-bond acceptors (Lipinski definition) is 4. The van der Waals surface area contributed by atoms with Gasteiger partial charge in [0.15, 0.2) is 0 Å². The minimum absolute atomic E-state index is 0.520. The van der Waals surface area contributed by atoms with Gasteiger partial charge in [0.1, 0.15) is 0 Å². The molecule has 0 aromatic carbocycles. The van der Waals surface area contributed by atoms with E-state index in [2.05, 4.69) is 24.2 Å². The zero-order valence-electron chi connectivity index (χ0n) is 13.3. The number of aryl methyl sites for hydroxylation is 1. The minimum Gasteiger partial charge on any atom is -0.309 e. The first kappa shape index (κ1) is 14.2. The summed E-state index contributed by atoms with van der Waals surface area (Å²) in [5.41, 5.74) is 1.40. The fourth-order valence-electron chi connectivity index (χ4n) is 4.67. The molecule has 1 aromatic rings. The summed E-state index contributed by atoms with van der Waals surface area (Å²) in [7, 11) is 2.33. The number of thiazole rings is 1. The lowest BCUT2D eigenvalue weighted by Crippen LogP contribution is -2.39. The molecule has 0 saturated carbocycles. The maximum Gasteiger partial charge on any atom is 0.0963 e. The molecule has 2 aliphatic heterocycles. The summed E-state index contributed by atoms with van der Waals surface area (Å²) in [4.78, 5) is 9.34. The van der Waals surface area contributed by atoms with E-state index in [0.29, 0.717) is 6.04 Å². The summed E-state index contributed by atoms with van der Waals surface area (Å²) < 4.78 is 0. The van der Waals surface area contributed by atoms with Crippen LogP contribution in [0.4, 0.5) is 0 Å². The quantitative estimate of drug-likeness (QED) is 0.927. The van der Waals surface area contributed by atoms with Crippen molar-refractivity contribution >= 4 is 11.3 Å². The van der Waals surface area contributed by atoms with Gasteiger partial charge in [-0.3, -0.25) is 0 Å².